The van der Waals surface area contributed by atoms with Gasteiger partial charge in [0.2, 0.25) is 0 Å². The summed E-state index contributed by atoms with van der Waals surface area (Å²) in [4.78, 5) is 47.5. The normalized spacial score (nSPS) is 11.6. The van der Waals surface area contributed by atoms with Crippen LogP contribution >= 0.6 is 0 Å². The maximum atomic E-state index is 13.2. The lowest BCUT2D eigenvalue weighted by atomic mass is 9.91. The predicted molar refractivity (Wildman–Crippen MR) is 183 cm³/mol. The van der Waals surface area contributed by atoms with E-state index in [-0.39, 0.29) is 27.6 Å². The number of hydrogen-bond donors (Lipinski definition) is 0. The Morgan fingerprint density at radius 3 is 1.32 bits per heavy atom. The SMILES string of the molecule is COC(=O)c1cccc(C(=O)OC)c1N(c1cccc(-c2ccc(C(C)(C)C)nc2)n1)c1cccc(-c2ccc(C(C)(C)C)nc2)n1. The smallest absolute Gasteiger partial charge is 0.340 e. The van der Waals surface area contributed by atoms with Crippen LogP contribution in [0.3, 0.4) is 0 Å². The van der Waals surface area contributed by atoms with Crippen molar-refractivity contribution in [3.63, 3.8) is 0 Å². The van der Waals surface area contributed by atoms with E-state index >= 15 is 0 Å². The molecule has 0 atom stereocenters. The summed E-state index contributed by atoms with van der Waals surface area (Å²) >= 11 is 0. The van der Waals surface area contributed by atoms with Crippen molar-refractivity contribution in [2.75, 3.05) is 19.1 Å². The highest BCUT2D eigenvalue weighted by Crippen LogP contribution is 2.39. The highest BCUT2D eigenvalue weighted by atomic mass is 16.5. The van der Waals surface area contributed by atoms with E-state index in [9.17, 15) is 9.59 Å². The molecule has 0 amide bonds. The van der Waals surface area contributed by atoms with Crippen molar-refractivity contribution in [2.24, 2.45) is 0 Å². The first-order chi connectivity index (χ1) is 22.3. The third-order valence-electron chi connectivity index (χ3n) is 7.65. The van der Waals surface area contributed by atoms with Gasteiger partial charge in [-0.3, -0.25) is 14.9 Å². The number of aromatic nitrogens is 4. The van der Waals surface area contributed by atoms with Crippen molar-refractivity contribution < 1.29 is 19.1 Å². The molecule has 9 heteroatoms. The van der Waals surface area contributed by atoms with Gasteiger partial charge in [0.1, 0.15) is 11.6 Å². The minimum absolute atomic E-state index is 0.105. The molecule has 0 saturated carbocycles. The van der Waals surface area contributed by atoms with Crippen molar-refractivity contribution in [3.05, 3.63) is 114 Å². The molecular weight excluding hydrogens is 590 g/mol. The molecule has 0 fully saturated rings. The van der Waals surface area contributed by atoms with Crippen LogP contribution in [0.2, 0.25) is 0 Å². The quantitative estimate of drug-likeness (QED) is 0.165. The molecule has 5 rings (SSSR count). The Morgan fingerprint density at radius 2 is 0.979 bits per heavy atom. The second-order valence-corrected chi connectivity index (χ2v) is 13.1. The van der Waals surface area contributed by atoms with Gasteiger partial charge in [-0.1, -0.05) is 59.7 Å². The van der Waals surface area contributed by atoms with Gasteiger partial charge >= 0.3 is 11.9 Å². The van der Waals surface area contributed by atoms with E-state index in [1.165, 1.54) is 14.2 Å². The minimum atomic E-state index is -0.632. The predicted octanol–water partition coefficient (Wildman–Crippen LogP) is 8.24. The Morgan fingerprint density at radius 1 is 0.574 bits per heavy atom. The van der Waals surface area contributed by atoms with Gasteiger partial charge < -0.3 is 9.47 Å². The summed E-state index contributed by atoms with van der Waals surface area (Å²) in [6.45, 7) is 12.7. The van der Waals surface area contributed by atoms with Gasteiger partial charge in [-0.15, -0.1) is 0 Å². The molecule has 9 nitrogen and oxygen atoms in total. The number of esters is 2. The zero-order chi connectivity index (χ0) is 33.9. The van der Waals surface area contributed by atoms with E-state index in [1.54, 1.807) is 47.6 Å². The van der Waals surface area contributed by atoms with Crippen molar-refractivity contribution in [1.82, 2.24) is 19.9 Å². The average molecular weight is 630 g/mol. The molecule has 0 bridgehead atoms. The summed E-state index contributed by atoms with van der Waals surface area (Å²) in [6.07, 6.45) is 3.60. The number of hydrogen-bond acceptors (Lipinski definition) is 9. The molecule has 0 aliphatic rings. The van der Waals surface area contributed by atoms with E-state index in [1.807, 2.05) is 48.5 Å². The Hall–Kier alpha value is -5.44. The highest BCUT2D eigenvalue weighted by molar-refractivity contribution is 6.07. The fourth-order valence-electron chi connectivity index (χ4n) is 5.08. The Labute approximate surface area is 275 Å². The molecule has 0 aliphatic heterocycles. The molecule has 0 saturated heterocycles. The van der Waals surface area contributed by atoms with Gasteiger partial charge in [0.15, 0.2) is 0 Å². The summed E-state index contributed by atoms with van der Waals surface area (Å²) in [6, 6.07) is 23.8. The van der Waals surface area contributed by atoms with Crippen LogP contribution < -0.4 is 4.90 Å². The number of para-hydroxylation sites is 1. The second-order valence-electron chi connectivity index (χ2n) is 13.1. The Bertz CT molecular complexity index is 1770. The van der Waals surface area contributed by atoms with Gasteiger partial charge in [-0.2, -0.15) is 0 Å². The van der Waals surface area contributed by atoms with Crippen molar-refractivity contribution in [3.8, 4) is 22.5 Å². The molecule has 5 aromatic rings. The van der Waals surface area contributed by atoms with Gasteiger partial charge in [-0.25, -0.2) is 19.6 Å². The monoisotopic (exact) mass is 629 g/mol. The second kappa shape index (κ2) is 13.1. The number of carbonyl (C=O) groups excluding carboxylic acids is 2. The summed E-state index contributed by atoms with van der Waals surface area (Å²) < 4.78 is 10.3. The number of anilines is 3. The first-order valence-corrected chi connectivity index (χ1v) is 15.3. The number of benzene rings is 1. The van der Waals surface area contributed by atoms with Crippen LogP contribution in [0.15, 0.2) is 91.3 Å². The van der Waals surface area contributed by atoms with E-state index < -0.39 is 11.9 Å². The van der Waals surface area contributed by atoms with Gasteiger partial charge in [-0.05, 0) is 60.7 Å². The third-order valence-corrected chi connectivity index (χ3v) is 7.65. The molecule has 0 spiro atoms. The summed E-state index contributed by atoms with van der Waals surface area (Å²) in [5.41, 5.74) is 5.12. The number of nitrogens with zero attached hydrogens (tertiary/aromatic N) is 5. The summed E-state index contributed by atoms with van der Waals surface area (Å²) in [5.74, 6) is -0.441. The first-order valence-electron chi connectivity index (χ1n) is 15.3. The third kappa shape index (κ3) is 7.04. The molecule has 47 heavy (non-hydrogen) atoms. The fourth-order valence-corrected chi connectivity index (χ4v) is 5.08. The fraction of sp³-hybridized carbons (Fsp3) is 0.263. The highest BCUT2D eigenvalue weighted by Gasteiger charge is 2.29. The van der Waals surface area contributed by atoms with Crippen LogP contribution in [0.4, 0.5) is 17.3 Å². The molecule has 0 radical (unpaired) electrons. The molecule has 240 valence electrons. The van der Waals surface area contributed by atoms with Gasteiger partial charge in [0, 0.05) is 45.7 Å². The van der Waals surface area contributed by atoms with Crippen LogP contribution in [0, 0.1) is 0 Å². The minimum Gasteiger partial charge on any atom is -0.465 e. The van der Waals surface area contributed by atoms with Crippen LogP contribution in [0.1, 0.15) is 73.6 Å². The van der Waals surface area contributed by atoms with E-state index in [2.05, 4.69) is 51.5 Å². The lowest BCUT2D eigenvalue weighted by molar-refractivity contribution is 0.0601. The zero-order valence-corrected chi connectivity index (χ0v) is 28.0. The average Bonchev–Trinajstić information content (AvgIpc) is 3.07. The van der Waals surface area contributed by atoms with Crippen molar-refractivity contribution in [2.45, 2.75) is 52.4 Å². The first kappa shape index (κ1) is 32.9. The van der Waals surface area contributed by atoms with Crippen LogP contribution in [0.25, 0.3) is 22.5 Å². The maximum absolute atomic E-state index is 13.2. The van der Waals surface area contributed by atoms with E-state index in [0.29, 0.717) is 23.0 Å². The zero-order valence-electron chi connectivity index (χ0n) is 28.0. The lowest BCUT2D eigenvalue weighted by Gasteiger charge is -2.27. The van der Waals surface area contributed by atoms with Crippen molar-refractivity contribution in [1.29, 1.82) is 0 Å². The standard InChI is InChI=1S/C38H39N5O4/c1-37(2,3)30-20-18-24(22-39-30)28-14-10-16-32(41-28)43(34-26(35(44)46-7)12-9-13-27(34)36(45)47-8)33-17-11-15-29(42-33)25-19-21-31(40-23-25)38(4,5)6/h9-23H,1-8H3. The molecule has 0 N–H and O–H groups in total. The molecule has 0 unspecified atom stereocenters. The van der Waals surface area contributed by atoms with Crippen LogP contribution in [-0.2, 0) is 20.3 Å². The van der Waals surface area contributed by atoms with Gasteiger partial charge in [0.25, 0.3) is 0 Å². The van der Waals surface area contributed by atoms with Crippen LogP contribution in [-0.4, -0.2) is 46.1 Å². The number of pyridine rings is 4. The topological polar surface area (TPSA) is 107 Å². The molecular formula is C38H39N5O4. The van der Waals surface area contributed by atoms with Crippen molar-refractivity contribution >= 4 is 29.3 Å². The molecule has 4 aromatic heterocycles. The number of carbonyl (C=O) groups is 2. The maximum Gasteiger partial charge on any atom is 0.340 e. The largest absolute Gasteiger partial charge is 0.465 e. The lowest BCUT2D eigenvalue weighted by Crippen LogP contribution is -2.21. The van der Waals surface area contributed by atoms with Crippen LogP contribution in [0.5, 0.6) is 0 Å². The summed E-state index contributed by atoms with van der Waals surface area (Å²) in [5, 5.41) is 0. The van der Waals surface area contributed by atoms with E-state index in [0.717, 1.165) is 22.5 Å². The molecule has 1 aromatic carbocycles. The number of rotatable bonds is 7. The van der Waals surface area contributed by atoms with E-state index in [4.69, 9.17) is 19.4 Å². The Kier molecular flexibility index (Phi) is 9.19. The van der Waals surface area contributed by atoms with Gasteiger partial charge in [0.05, 0.1) is 42.4 Å². The number of methoxy groups -OCH3 is 2. The Balaban J connectivity index is 1.73. The summed E-state index contributed by atoms with van der Waals surface area (Å²) in [7, 11) is 2.59. The number of ether oxygens (including phenoxy) is 2. The molecule has 4 heterocycles. The molecule has 0 aliphatic carbocycles.